The number of methoxy groups -OCH3 is 1. The van der Waals surface area contributed by atoms with E-state index in [0.29, 0.717) is 0 Å². The van der Waals surface area contributed by atoms with E-state index in [1.165, 1.54) is 19.4 Å². The van der Waals surface area contributed by atoms with E-state index in [4.69, 9.17) is 9.15 Å². The summed E-state index contributed by atoms with van der Waals surface area (Å²) in [6.07, 6.45) is 1.39. The van der Waals surface area contributed by atoms with Crippen molar-refractivity contribution in [2.75, 3.05) is 20.2 Å². The van der Waals surface area contributed by atoms with Gasteiger partial charge in [-0.1, -0.05) is 0 Å². The second-order valence-electron chi connectivity index (χ2n) is 5.22. The van der Waals surface area contributed by atoms with Crippen molar-refractivity contribution in [2.45, 2.75) is 18.7 Å². The molecule has 0 radical (unpaired) electrons. The lowest BCUT2D eigenvalue weighted by molar-refractivity contribution is 0.0926. The van der Waals surface area contributed by atoms with Crippen LogP contribution in [-0.2, 0) is 10.0 Å². The van der Waals surface area contributed by atoms with E-state index < -0.39 is 15.9 Å². The van der Waals surface area contributed by atoms with Gasteiger partial charge in [-0.3, -0.25) is 4.79 Å². The van der Waals surface area contributed by atoms with Crippen LogP contribution >= 0.6 is 0 Å². The van der Waals surface area contributed by atoms with Crippen molar-refractivity contribution in [3.63, 3.8) is 0 Å². The molecule has 24 heavy (non-hydrogen) atoms. The van der Waals surface area contributed by atoms with E-state index in [2.05, 4.69) is 10.0 Å². The normalized spacial score (nSPS) is 11.3. The average Bonchev–Trinajstić information content (AvgIpc) is 3.08. The zero-order valence-electron chi connectivity index (χ0n) is 13.8. The Balaban J connectivity index is 1.99. The lowest BCUT2D eigenvalue weighted by atomic mass is 10.1. The molecule has 0 atom stereocenters. The molecule has 0 aliphatic rings. The molecule has 1 aromatic carbocycles. The largest absolute Gasteiger partial charge is 0.495 e. The zero-order valence-corrected chi connectivity index (χ0v) is 14.6. The van der Waals surface area contributed by atoms with Gasteiger partial charge in [0.05, 0.1) is 13.4 Å². The Hall–Kier alpha value is -2.32. The summed E-state index contributed by atoms with van der Waals surface area (Å²) in [5.41, 5.74) is 1.79. The average molecular weight is 352 g/mol. The number of ether oxygens (including phenoxy) is 1. The van der Waals surface area contributed by atoms with Crippen LogP contribution < -0.4 is 14.8 Å². The Bertz CT molecular complexity index is 813. The van der Waals surface area contributed by atoms with Crippen LogP contribution in [0, 0.1) is 13.8 Å². The van der Waals surface area contributed by atoms with Gasteiger partial charge in [0, 0.05) is 13.1 Å². The van der Waals surface area contributed by atoms with Crippen LogP contribution in [0.25, 0.3) is 0 Å². The van der Waals surface area contributed by atoms with Gasteiger partial charge < -0.3 is 14.5 Å². The maximum Gasteiger partial charge on any atom is 0.287 e. The third-order valence-electron chi connectivity index (χ3n) is 3.52. The summed E-state index contributed by atoms with van der Waals surface area (Å²) in [7, 11) is -2.32. The minimum atomic E-state index is -3.74. The molecule has 7 nitrogen and oxygen atoms in total. The first-order chi connectivity index (χ1) is 11.3. The Morgan fingerprint density at radius 1 is 1.21 bits per heavy atom. The second kappa shape index (κ2) is 7.50. The molecule has 2 N–H and O–H groups in total. The molecule has 0 aliphatic heterocycles. The fourth-order valence-electron chi connectivity index (χ4n) is 2.07. The summed E-state index contributed by atoms with van der Waals surface area (Å²) >= 11 is 0. The first-order valence-corrected chi connectivity index (χ1v) is 8.80. The molecule has 1 aromatic heterocycles. The summed E-state index contributed by atoms with van der Waals surface area (Å²) < 4.78 is 37.4. The molecule has 0 unspecified atom stereocenters. The number of hydrogen-bond donors (Lipinski definition) is 2. The maximum absolute atomic E-state index is 12.4. The van der Waals surface area contributed by atoms with Crippen LogP contribution in [0.5, 0.6) is 5.75 Å². The predicted octanol–water partition coefficient (Wildman–Crippen LogP) is 1.61. The van der Waals surface area contributed by atoms with Crippen molar-refractivity contribution < 1.29 is 22.4 Å². The number of furan rings is 1. The van der Waals surface area contributed by atoms with Crippen LogP contribution in [0.3, 0.4) is 0 Å². The number of hydrogen-bond acceptors (Lipinski definition) is 5. The van der Waals surface area contributed by atoms with Crippen molar-refractivity contribution in [1.82, 2.24) is 10.0 Å². The van der Waals surface area contributed by atoms with Crippen LogP contribution in [0.4, 0.5) is 0 Å². The van der Waals surface area contributed by atoms with E-state index >= 15 is 0 Å². The van der Waals surface area contributed by atoms with Crippen molar-refractivity contribution >= 4 is 15.9 Å². The van der Waals surface area contributed by atoms with Gasteiger partial charge in [0.2, 0.25) is 10.0 Å². The monoisotopic (exact) mass is 352 g/mol. The molecule has 1 amide bonds. The van der Waals surface area contributed by atoms with Gasteiger partial charge >= 0.3 is 0 Å². The Labute approximate surface area is 141 Å². The quantitative estimate of drug-likeness (QED) is 0.738. The smallest absolute Gasteiger partial charge is 0.287 e. The fourth-order valence-corrected chi connectivity index (χ4v) is 3.33. The Morgan fingerprint density at radius 3 is 2.54 bits per heavy atom. The van der Waals surface area contributed by atoms with Crippen LogP contribution in [0.1, 0.15) is 21.7 Å². The standard InChI is InChI=1S/C16H20N2O5S/c1-11-9-14(22-3)15(10-12(11)2)24(20,21)18-7-6-17-16(19)13-5-4-8-23-13/h4-5,8-10,18H,6-7H2,1-3H3,(H,17,19). The SMILES string of the molecule is COc1cc(C)c(C)cc1S(=O)(=O)NCCNC(=O)c1ccco1. The summed E-state index contributed by atoms with van der Waals surface area (Å²) in [5.74, 6) is 0.0573. The molecular weight excluding hydrogens is 332 g/mol. The Morgan fingerprint density at radius 2 is 1.92 bits per heavy atom. The van der Waals surface area contributed by atoms with Gasteiger partial charge in [-0.25, -0.2) is 13.1 Å². The van der Waals surface area contributed by atoms with Crippen LogP contribution in [0.15, 0.2) is 39.8 Å². The van der Waals surface area contributed by atoms with E-state index in [1.54, 1.807) is 18.2 Å². The van der Waals surface area contributed by atoms with Crippen molar-refractivity contribution in [1.29, 1.82) is 0 Å². The van der Waals surface area contributed by atoms with Crippen LogP contribution in [0.2, 0.25) is 0 Å². The van der Waals surface area contributed by atoms with Gasteiger partial charge in [0.1, 0.15) is 10.6 Å². The number of carbonyl (C=O) groups excluding carboxylic acids is 1. The number of amides is 1. The van der Waals surface area contributed by atoms with Crippen molar-refractivity contribution in [2.24, 2.45) is 0 Å². The highest BCUT2D eigenvalue weighted by Crippen LogP contribution is 2.26. The van der Waals surface area contributed by atoms with Gasteiger partial charge in [-0.15, -0.1) is 0 Å². The minimum Gasteiger partial charge on any atom is -0.495 e. The molecule has 0 bridgehead atoms. The first kappa shape index (κ1) is 18.0. The molecule has 0 aliphatic carbocycles. The molecule has 2 rings (SSSR count). The lowest BCUT2D eigenvalue weighted by Gasteiger charge is -2.13. The van der Waals surface area contributed by atoms with E-state index in [-0.39, 0.29) is 29.5 Å². The predicted molar refractivity (Wildman–Crippen MR) is 88.7 cm³/mol. The third-order valence-corrected chi connectivity index (χ3v) is 5.00. The highest BCUT2D eigenvalue weighted by molar-refractivity contribution is 7.89. The van der Waals surface area contributed by atoms with Gasteiger partial charge in [-0.2, -0.15) is 0 Å². The molecule has 8 heteroatoms. The molecule has 0 saturated carbocycles. The fraction of sp³-hybridized carbons (Fsp3) is 0.312. The number of nitrogens with one attached hydrogen (secondary N) is 2. The van der Waals surface area contributed by atoms with Crippen molar-refractivity contribution in [3.8, 4) is 5.75 Å². The van der Waals surface area contributed by atoms with Crippen LogP contribution in [-0.4, -0.2) is 34.5 Å². The molecule has 2 aromatic rings. The summed E-state index contributed by atoms with van der Waals surface area (Å²) in [6, 6.07) is 6.38. The van der Waals surface area contributed by atoms with Gasteiger partial charge in [0.15, 0.2) is 5.76 Å². The molecule has 130 valence electrons. The number of benzene rings is 1. The molecule has 0 spiro atoms. The molecule has 0 fully saturated rings. The zero-order chi connectivity index (χ0) is 17.7. The maximum atomic E-state index is 12.4. The summed E-state index contributed by atoms with van der Waals surface area (Å²) in [6.45, 7) is 3.89. The Kier molecular flexibility index (Phi) is 5.63. The summed E-state index contributed by atoms with van der Waals surface area (Å²) in [5, 5.41) is 2.57. The second-order valence-corrected chi connectivity index (χ2v) is 6.95. The topological polar surface area (TPSA) is 97.6 Å². The number of aryl methyl sites for hydroxylation is 2. The summed E-state index contributed by atoms with van der Waals surface area (Å²) in [4.78, 5) is 11.8. The van der Waals surface area contributed by atoms with Gasteiger partial charge in [-0.05, 0) is 49.2 Å². The molecule has 1 heterocycles. The van der Waals surface area contributed by atoms with Crippen molar-refractivity contribution in [3.05, 3.63) is 47.4 Å². The number of sulfonamides is 1. The van der Waals surface area contributed by atoms with E-state index in [9.17, 15) is 13.2 Å². The molecular formula is C16H20N2O5S. The molecule has 0 saturated heterocycles. The first-order valence-electron chi connectivity index (χ1n) is 7.32. The van der Waals surface area contributed by atoms with E-state index in [0.717, 1.165) is 11.1 Å². The lowest BCUT2D eigenvalue weighted by Crippen LogP contribution is -2.34. The third kappa shape index (κ3) is 4.15. The number of rotatable bonds is 7. The highest BCUT2D eigenvalue weighted by atomic mass is 32.2. The minimum absolute atomic E-state index is 0.0465. The van der Waals surface area contributed by atoms with E-state index in [1.807, 2.05) is 13.8 Å². The number of carbonyl (C=O) groups is 1. The highest BCUT2D eigenvalue weighted by Gasteiger charge is 2.20. The van der Waals surface area contributed by atoms with Gasteiger partial charge in [0.25, 0.3) is 5.91 Å².